The molecule has 14 nitrogen and oxygen atoms in total. The molecule has 0 radical (unpaired) electrons. The zero-order chi connectivity index (χ0) is 28.1. The first kappa shape index (κ1) is 38.7. The number of phenols is 2. The van der Waals surface area contributed by atoms with Crippen LogP contribution in [0.3, 0.4) is 0 Å². The minimum Gasteiger partial charge on any atom is -0.693 e. The van der Waals surface area contributed by atoms with E-state index in [9.17, 15) is 24.9 Å². The molecule has 0 aliphatic carbocycles. The Morgan fingerprint density at radius 3 is 2.08 bits per heavy atom. The van der Waals surface area contributed by atoms with Gasteiger partial charge in [-0.25, -0.2) is 9.59 Å². The van der Waals surface area contributed by atoms with Crippen LogP contribution in [0.2, 0.25) is 0 Å². The van der Waals surface area contributed by atoms with Crippen LogP contribution in [0.1, 0.15) is 18.4 Å². The van der Waals surface area contributed by atoms with Crippen LogP contribution in [0.15, 0.2) is 41.1 Å². The van der Waals surface area contributed by atoms with Gasteiger partial charge >= 0.3 is 11.9 Å². The van der Waals surface area contributed by atoms with Crippen molar-refractivity contribution in [3.05, 3.63) is 47.8 Å². The molecule has 0 spiro atoms. The minimum atomic E-state index is -1.11. The molecule has 0 unspecified atom stereocenters. The summed E-state index contributed by atoms with van der Waals surface area (Å²) in [6.45, 7) is 1.10. The second kappa shape index (κ2) is 19.6. The van der Waals surface area contributed by atoms with Crippen LogP contribution in [0.25, 0.3) is 6.15 Å². The van der Waals surface area contributed by atoms with E-state index >= 15 is 0 Å². The summed E-state index contributed by atoms with van der Waals surface area (Å²) in [4.78, 5) is 27.9. The second-order valence-electron chi connectivity index (χ2n) is 7.87. The fraction of sp³-hybridized carbons (Fsp3) is 0.458. The van der Waals surface area contributed by atoms with E-state index in [4.69, 9.17) is 30.3 Å². The number of anilines is 1. The number of aliphatic hydroxyl groups excluding tert-OH is 4. The fourth-order valence-corrected chi connectivity index (χ4v) is 3.70. The molecule has 3 heterocycles. The van der Waals surface area contributed by atoms with Crippen LogP contribution in [0.5, 0.6) is 11.5 Å². The number of fused-ring (bicyclic) bond motifs is 1. The van der Waals surface area contributed by atoms with Crippen LogP contribution in [-0.2, 0) is 20.7 Å². The zero-order valence-electron chi connectivity index (χ0n) is 21.6. The number of aliphatic hydroxyl groups is 4. The molecule has 3 aliphatic rings. The SMILES string of the molecule is CO.CO.O=C(O)C1=NCCC(/C=C/N2c3cc(O)c(O)cc3C[C@H]2C(=O)O)=C1.O[C@@H]1COC[C@H](O)C1.[NH2-].[U]. The van der Waals surface area contributed by atoms with E-state index in [1.54, 1.807) is 12.3 Å². The number of nitrogens with two attached hydrogens (primary N) is 1. The maximum Gasteiger partial charge on any atom is 0.354 e. The summed E-state index contributed by atoms with van der Waals surface area (Å²) in [6, 6.07) is 1.80. The number of ether oxygens (including phenoxy) is 1. The van der Waals surface area contributed by atoms with Crippen molar-refractivity contribution in [2.24, 2.45) is 4.99 Å². The van der Waals surface area contributed by atoms with Crippen molar-refractivity contribution in [2.75, 3.05) is 38.9 Å². The van der Waals surface area contributed by atoms with Crippen molar-refractivity contribution in [1.82, 2.24) is 0 Å². The predicted octanol–water partition coefficient (Wildman–Crippen LogP) is 0.346. The number of hydrogen-bond donors (Lipinski definition) is 8. The van der Waals surface area contributed by atoms with Gasteiger partial charge in [0.05, 0.1) is 25.4 Å². The number of benzene rings is 1. The maximum atomic E-state index is 11.5. The summed E-state index contributed by atoms with van der Waals surface area (Å²) in [5, 5.41) is 69.3. The van der Waals surface area contributed by atoms with E-state index in [1.807, 2.05) is 0 Å². The number of carboxylic acid groups (broad SMARTS) is 2. The van der Waals surface area contributed by atoms with Gasteiger partial charge in [-0.15, -0.1) is 0 Å². The monoisotopic (exact) mass is 780 g/mol. The molecule has 218 valence electrons. The Labute approximate surface area is 249 Å². The Hall–Kier alpha value is -2.48. The number of nitrogens with zero attached hydrogens (tertiary/aromatic N) is 2. The van der Waals surface area contributed by atoms with Gasteiger partial charge in [0.15, 0.2) is 11.5 Å². The number of dihydropyridines is 1. The molecule has 3 aliphatic heterocycles. The van der Waals surface area contributed by atoms with Gasteiger partial charge in [-0.1, -0.05) is 0 Å². The molecule has 1 aromatic carbocycles. The minimum absolute atomic E-state index is 0. The Kier molecular flexibility index (Phi) is 19.4. The second-order valence-corrected chi connectivity index (χ2v) is 7.87. The number of aromatic hydroxyl groups is 2. The molecule has 0 saturated carbocycles. The van der Waals surface area contributed by atoms with Crippen molar-refractivity contribution in [3.63, 3.8) is 0 Å². The molecule has 15 heteroatoms. The van der Waals surface area contributed by atoms with Gasteiger partial charge in [0.2, 0.25) is 0 Å². The van der Waals surface area contributed by atoms with Gasteiger partial charge in [0.1, 0.15) is 11.8 Å². The van der Waals surface area contributed by atoms with E-state index in [0.717, 1.165) is 14.2 Å². The van der Waals surface area contributed by atoms with Crippen molar-refractivity contribution in [1.29, 1.82) is 0 Å². The fourth-order valence-electron chi connectivity index (χ4n) is 3.70. The standard InChI is InChI=1S/C17H16N2O6.C5H10O3.2CH4O.H2N.U/c20-14-7-10-6-13(17(24)25)19(12(10)8-15(14)21)4-2-9-1-3-18-11(5-9)16(22)23;6-4-1-5(7)3-8-2-4;2*1-2;;/h2,4-5,7-8,13,20-21H,1,3,6H2,(H,22,23)(H,24,25);4-7H,1-3H2;2*2H,1H3;1H2;/q;;;;-1;/b4-2+;;;;;/t13-;4-,5+;;;;/m0...../s1. The van der Waals surface area contributed by atoms with Crippen molar-refractivity contribution < 1.29 is 86.3 Å². The Balaban J connectivity index is 0. The number of hydrogen-bond acceptors (Lipinski definition) is 11. The topological polar surface area (TPSA) is 254 Å². The third kappa shape index (κ3) is 11.7. The summed E-state index contributed by atoms with van der Waals surface area (Å²) in [6.07, 6.45) is 4.92. The van der Waals surface area contributed by atoms with Crippen molar-refractivity contribution >= 4 is 23.3 Å². The molecule has 3 atom stereocenters. The van der Waals surface area contributed by atoms with Crippen LogP contribution < -0.4 is 4.90 Å². The molecule has 10 N–H and O–H groups in total. The summed E-state index contributed by atoms with van der Waals surface area (Å²) in [7, 11) is 2.00. The number of allylic oxidation sites excluding steroid dienone is 1. The average Bonchev–Trinajstić information content (AvgIpc) is 3.23. The number of carboxylic acids is 2. The molecule has 4 rings (SSSR count). The molecule has 1 saturated heterocycles. The molecule has 1 aromatic rings. The van der Waals surface area contributed by atoms with Crippen LogP contribution in [-0.4, -0.2) is 111 Å². The Morgan fingerprint density at radius 2 is 1.59 bits per heavy atom. The predicted molar refractivity (Wildman–Crippen MR) is 138 cm³/mol. The maximum absolute atomic E-state index is 11.5. The Morgan fingerprint density at radius 1 is 1.03 bits per heavy atom. The number of phenolic OH excluding ortho intramolecular Hbond substituents is 2. The Bertz CT molecular complexity index is 1010. The molecular formula is C24H36N3O11U-. The smallest absolute Gasteiger partial charge is 0.354 e. The number of rotatable bonds is 4. The molecule has 0 aromatic heterocycles. The van der Waals surface area contributed by atoms with Crippen molar-refractivity contribution in [2.45, 2.75) is 37.5 Å². The van der Waals surface area contributed by atoms with Gasteiger partial charge in [0, 0.05) is 82.7 Å². The van der Waals surface area contributed by atoms with Crippen molar-refractivity contribution in [3.8, 4) is 11.5 Å². The zero-order valence-corrected chi connectivity index (χ0v) is 25.8. The largest absolute Gasteiger partial charge is 0.693 e. The third-order valence-electron chi connectivity index (χ3n) is 5.33. The quantitative estimate of drug-likeness (QED) is 0.193. The number of aliphatic carboxylic acids is 2. The van der Waals surface area contributed by atoms with Crippen LogP contribution in [0, 0.1) is 31.1 Å². The van der Waals surface area contributed by atoms with Gasteiger partial charge < -0.3 is 56.6 Å². The molecule has 0 amide bonds. The first-order chi connectivity index (χ1) is 17.7. The first-order valence-electron chi connectivity index (χ1n) is 11.2. The number of carbonyl (C=O) groups is 2. The average molecular weight is 781 g/mol. The van der Waals surface area contributed by atoms with Crippen LogP contribution >= 0.6 is 0 Å². The summed E-state index contributed by atoms with van der Waals surface area (Å²) >= 11 is 0. The third-order valence-corrected chi connectivity index (χ3v) is 5.33. The van der Waals surface area contributed by atoms with Gasteiger partial charge in [0.25, 0.3) is 0 Å². The van der Waals surface area contributed by atoms with E-state index < -0.39 is 30.2 Å². The summed E-state index contributed by atoms with van der Waals surface area (Å²) < 4.78 is 4.79. The van der Waals surface area contributed by atoms with Crippen LogP contribution in [0.4, 0.5) is 5.69 Å². The normalized spacial score (nSPS) is 21.0. The van der Waals surface area contributed by atoms with E-state index in [1.165, 1.54) is 23.1 Å². The molecule has 1 fully saturated rings. The molecular weight excluding hydrogens is 744 g/mol. The number of aliphatic imine (C=N–C) groups is 1. The summed E-state index contributed by atoms with van der Waals surface area (Å²) in [5.74, 6) is -2.78. The van der Waals surface area contributed by atoms with Gasteiger partial charge in [-0.2, -0.15) is 0 Å². The van der Waals surface area contributed by atoms with Gasteiger partial charge in [-0.05, 0) is 35.8 Å². The van der Waals surface area contributed by atoms with Gasteiger partial charge in [-0.3, -0.25) is 4.99 Å². The van der Waals surface area contributed by atoms with E-state index in [0.29, 0.717) is 49.4 Å². The van der Waals surface area contributed by atoms with E-state index in [2.05, 4.69) is 4.99 Å². The first-order valence-corrected chi connectivity index (χ1v) is 11.2. The summed E-state index contributed by atoms with van der Waals surface area (Å²) in [5.41, 5.74) is 1.78. The molecule has 0 bridgehead atoms. The molecule has 39 heavy (non-hydrogen) atoms. The van der Waals surface area contributed by atoms with E-state index in [-0.39, 0.29) is 60.9 Å².